The Bertz CT molecular complexity index is 1790. The van der Waals surface area contributed by atoms with Crippen LogP contribution in [0.2, 0.25) is 0 Å². The highest BCUT2D eigenvalue weighted by molar-refractivity contribution is 5.96. The number of nitrogens with zero attached hydrogens (tertiary/aromatic N) is 1. The van der Waals surface area contributed by atoms with Gasteiger partial charge in [0.1, 0.15) is 0 Å². The van der Waals surface area contributed by atoms with E-state index in [1.54, 1.807) is 13.8 Å². The molecule has 5 aliphatic carbocycles. The van der Waals surface area contributed by atoms with Gasteiger partial charge in [-0.1, -0.05) is 33.3 Å². The lowest BCUT2D eigenvalue weighted by Crippen LogP contribution is -2.69. The normalized spacial score (nSPS) is 43.8. The Morgan fingerprint density at radius 3 is 2.30 bits per heavy atom. The number of allylic oxidation sites excluding steroid dienone is 2. The van der Waals surface area contributed by atoms with Crippen molar-refractivity contribution in [3.63, 3.8) is 0 Å². The van der Waals surface area contributed by atoms with Gasteiger partial charge in [0, 0.05) is 18.5 Å². The van der Waals surface area contributed by atoms with Crippen LogP contribution in [0.3, 0.4) is 0 Å². The molecule has 1 unspecified atom stereocenters. The summed E-state index contributed by atoms with van der Waals surface area (Å²) in [5.74, 6) is -2.49. The first-order valence-corrected chi connectivity index (χ1v) is 19.9. The molecule has 1 N–H and O–H groups in total. The number of aliphatic carboxylic acids is 1. The van der Waals surface area contributed by atoms with Gasteiger partial charge in [-0.3, -0.25) is 24.1 Å². The second kappa shape index (κ2) is 12.7. The Morgan fingerprint density at radius 1 is 0.925 bits per heavy atom. The van der Waals surface area contributed by atoms with Crippen LogP contribution in [0.5, 0.6) is 0 Å². The summed E-state index contributed by atoms with van der Waals surface area (Å²) in [4.78, 5) is 69.2. The molecule has 11 nitrogen and oxygen atoms in total. The van der Waals surface area contributed by atoms with Crippen molar-refractivity contribution in [2.24, 2.45) is 56.2 Å². The first-order chi connectivity index (χ1) is 24.8. The lowest BCUT2D eigenvalue weighted by molar-refractivity contribution is -0.211. The number of carboxylic acids is 1. The van der Waals surface area contributed by atoms with Gasteiger partial charge >= 0.3 is 23.7 Å². The van der Waals surface area contributed by atoms with Crippen LogP contribution >= 0.6 is 0 Å². The highest BCUT2D eigenvalue weighted by Gasteiger charge is 2.72. The predicted molar refractivity (Wildman–Crippen MR) is 193 cm³/mol. The molecule has 0 spiro atoms. The van der Waals surface area contributed by atoms with Crippen molar-refractivity contribution in [1.82, 2.24) is 4.90 Å². The molecule has 1 aromatic rings. The Balaban J connectivity index is 1.26. The van der Waals surface area contributed by atoms with E-state index in [1.165, 1.54) is 0 Å². The molecule has 2 heterocycles. The summed E-state index contributed by atoms with van der Waals surface area (Å²) < 4.78 is 21.7. The lowest BCUT2D eigenvalue weighted by atomic mass is 9.33. The molecule has 5 fully saturated rings. The smallest absolute Gasteiger partial charge is 0.481 e. The van der Waals surface area contributed by atoms with Crippen molar-refractivity contribution in [3.05, 3.63) is 33.8 Å². The maximum Gasteiger partial charge on any atom is 0.519 e. The lowest BCUT2D eigenvalue weighted by Gasteiger charge is -2.70. The van der Waals surface area contributed by atoms with Crippen molar-refractivity contribution in [2.45, 2.75) is 132 Å². The number of esters is 2. The van der Waals surface area contributed by atoms with Crippen molar-refractivity contribution in [2.75, 3.05) is 19.7 Å². The van der Waals surface area contributed by atoms with Gasteiger partial charge in [0.15, 0.2) is 23.9 Å². The number of ketones is 1. The zero-order valence-electron chi connectivity index (χ0n) is 32.9. The summed E-state index contributed by atoms with van der Waals surface area (Å²) in [5.41, 5.74) is -2.00. The van der Waals surface area contributed by atoms with Crippen molar-refractivity contribution >= 4 is 23.7 Å². The maximum atomic E-state index is 15.0. The number of likely N-dealkylation sites (tertiary alicyclic amines) is 1. The van der Waals surface area contributed by atoms with E-state index in [4.69, 9.17) is 18.3 Å². The number of ether oxygens (including phenoxy) is 2. The molecular formula is C42H59NO10. The summed E-state index contributed by atoms with van der Waals surface area (Å²) in [7, 11) is 0. The van der Waals surface area contributed by atoms with Crippen molar-refractivity contribution in [1.29, 1.82) is 0 Å². The molecule has 53 heavy (non-hydrogen) atoms. The summed E-state index contributed by atoms with van der Waals surface area (Å²) in [5, 5.41) is 10.3. The number of carbonyl (C=O) groups is 4. The average Bonchev–Trinajstić information content (AvgIpc) is 3.71. The third kappa shape index (κ3) is 5.47. The fraction of sp³-hybridized carbons (Fsp3) is 0.786. The van der Waals surface area contributed by atoms with Crippen LogP contribution in [0.4, 0.5) is 0 Å². The van der Waals surface area contributed by atoms with Gasteiger partial charge in [-0.15, -0.1) is 0 Å². The Kier molecular flexibility index (Phi) is 9.10. The van der Waals surface area contributed by atoms with Crippen LogP contribution in [-0.4, -0.2) is 59.4 Å². The minimum absolute atomic E-state index is 0.0216. The molecule has 1 aromatic heterocycles. The average molecular weight is 738 g/mol. The standard InChI is InChI=1S/C42H59NO10/c1-9-50-33(45)25-12-19-43(22-25)31-11-13-39(5)30(42(31,8)35(48)51-23-29-24(2)52-36(49)53-29)10-14-41(7)32(39)28(44)20-26-27-21-38(4,34(46)47)16-15-37(27,3)17-18-40(26,41)6/h20,25,27,30-32H,9-19,21-23H2,1-8H3,(H,46,47)/t25-,27+,30?,31+,32-,37-,38+,39+,40-,41-,42+/m1/s1. The van der Waals surface area contributed by atoms with E-state index in [1.807, 2.05) is 19.9 Å². The Morgan fingerprint density at radius 2 is 1.64 bits per heavy atom. The third-order valence-electron chi connectivity index (χ3n) is 16.6. The van der Waals surface area contributed by atoms with Gasteiger partial charge in [0.05, 0.1) is 23.4 Å². The van der Waals surface area contributed by atoms with Gasteiger partial charge in [0.25, 0.3) is 0 Å². The van der Waals surface area contributed by atoms with Crippen molar-refractivity contribution < 1.29 is 42.6 Å². The second-order valence-corrected chi connectivity index (χ2v) is 19.1. The van der Waals surface area contributed by atoms with Crippen LogP contribution in [0.1, 0.15) is 124 Å². The van der Waals surface area contributed by atoms with Gasteiger partial charge in [-0.05, 0) is 138 Å². The number of hydrogen-bond acceptors (Lipinski definition) is 10. The van der Waals surface area contributed by atoms with Gasteiger partial charge in [0.2, 0.25) is 0 Å². The molecule has 1 saturated heterocycles. The van der Waals surface area contributed by atoms with E-state index in [0.29, 0.717) is 51.8 Å². The third-order valence-corrected chi connectivity index (χ3v) is 16.6. The Hall–Kier alpha value is -3.21. The van der Waals surface area contributed by atoms with E-state index >= 15 is 0 Å². The molecule has 11 atom stereocenters. The molecule has 4 saturated carbocycles. The summed E-state index contributed by atoms with van der Waals surface area (Å²) >= 11 is 0. The quantitative estimate of drug-likeness (QED) is 0.291. The van der Waals surface area contributed by atoms with Crippen LogP contribution in [0.25, 0.3) is 0 Å². The molecule has 0 amide bonds. The fourth-order valence-electron chi connectivity index (χ4n) is 13.2. The first-order valence-electron chi connectivity index (χ1n) is 19.9. The van der Waals surface area contributed by atoms with Crippen LogP contribution in [0.15, 0.2) is 25.3 Å². The van der Waals surface area contributed by atoms with Crippen molar-refractivity contribution in [3.8, 4) is 0 Å². The number of fused-ring (bicyclic) bond motifs is 7. The van der Waals surface area contributed by atoms with E-state index in [9.17, 15) is 29.1 Å². The molecular weight excluding hydrogens is 678 g/mol. The molecule has 0 bridgehead atoms. The summed E-state index contributed by atoms with van der Waals surface area (Å²) in [6, 6.07) is -0.235. The number of carboxylic acid groups (broad SMARTS) is 1. The van der Waals surface area contributed by atoms with Gasteiger partial charge in [-0.2, -0.15) is 0 Å². The molecule has 6 aliphatic rings. The SMILES string of the molecule is CCOC(=O)[C@@H]1CCN([C@H]2CC[C@@]3(C)C(CC[C@]4(C)[C@@H]3C(=O)C=C3[C@@H]5C[C@@](C)(C(=O)O)CC[C@]5(C)CC[C@]34C)[C@]2(C)C(=O)OCc2oc(=O)oc2C)C1. The second-order valence-electron chi connectivity index (χ2n) is 19.1. The predicted octanol–water partition coefficient (Wildman–Crippen LogP) is 6.88. The molecule has 11 heteroatoms. The Labute approximate surface area is 312 Å². The van der Waals surface area contributed by atoms with Crippen LogP contribution in [-0.2, 0) is 35.3 Å². The zero-order valence-corrected chi connectivity index (χ0v) is 32.9. The van der Waals surface area contributed by atoms with Gasteiger partial charge < -0.3 is 23.4 Å². The summed E-state index contributed by atoms with van der Waals surface area (Å²) in [6.07, 6.45) is 9.38. The molecule has 0 radical (unpaired) electrons. The number of hydrogen-bond donors (Lipinski definition) is 1. The van der Waals surface area contributed by atoms with E-state index in [2.05, 4.69) is 32.6 Å². The number of aryl methyl sites for hydroxylation is 1. The monoisotopic (exact) mass is 737 g/mol. The van der Waals surface area contributed by atoms with E-state index in [-0.39, 0.29) is 70.4 Å². The maximum absolute atomic E-state index is 15.0. The fourth-order valence-corrected chi connectivity index (χ4v) is 13.2. The van der Waals surface area contributed by atoms with Crippen LogP contribution < -0.4 is 5.82 Å². The largest absolute Gasteiger partial charge is 0.519 e. The summed E-state index contributed by atoms with van der Waals surface area (Å²) in [6.45, 7) is 17.7. The molecule has 7 rings (SSSR count). The molecule has 0 aromatic carbocycles. The van der Waals surface area contributed by atoms with E-state index < -0.39 is 39.4 Å². The highest BCUT2D eigenvalue weighted by atomic mass is 16.6. The zero-order chi connectivity index (χ0) is 38.5. The topological polar surface area (TPSA) is 154 Å². The minimum atomic E-state index is -1.04. The molecule has 1 aliphatic heterocycles. The van der Waals surface area contributed by atoms with E-state index in [0.717, 1.165) is 37.7 Å². The minimum Gasteiger partial charge on any atom is -0.481 e. The number of rotatable bonds is 7. The van der Waals surface area contributed by atoms with Gasteiger partial charge in [-0.25, -0.2) is 4.79 Å². The number of carbonyl (C=O) groups excluding carboxylic acids is 3. The molecule has 292 valence electrons. The first kappa shape index (κ1) is 38.1. The highest BCUT2D eigenvalue weighted by Crippen LogP contribution is 2.75. The van der Waals surface area contributed by atoms with Crippen LogP contribution in [0, 0.1) is 63.1 Å².